The zero-order valence-corrected chi connectivity index (χ0v) is 12.3. The Balaban J connectivity index is 1.98. The molecule has 2 aliphatic rings. The minimum Gasteiger partial charge on any atom is -0.399 e. The molecule has 0 radical (unpaired) electrons. The number of hydrogen-bond acceptors (Lipinski definition) is 4. The van der Waals surface area contributed by atoms with Crippen LogP contribution < -0.4 is 5.73 Å². The molecule has 0 saturated carbocycles. The van der Waals surface area contributed by atoms with Gasteiger partial charge < -0.3 is 10.8 Å². The molecule has 1 aromatic carbocycles. The van der Waals surface area contributed by atoms with E-state index in [4.69, 9.17) is 5.73 Å². The average molecular weight is 296 g/mol. The number of benzene rings is 1. The maximum absolute atomic E-state index is 12.8. The van der Waals surface area contributed by atoms with Gasteiger partial charge >= 0.3 is 0 Å². The van der Waals surface area contributed by atoms with E-state index in [-0.39, 0.29) is 18.2 Å². The number of anilines is 1. The number of sulfonamides is 1. The van der Waals surface area contributed by atoms with Gasteiger partial charge in [-0.25, -0.2) is 8.42 Å². The van der Waals surface area contributed by atoms with Crippen LogP contribution in [-0.2, 0) is 10.0 Å². The largest absolute Gasteiger partial charge is 0.399 e. The van der Waals surface area contributed by atoms with Gasteiger partial charge in [0, 0.05) is 17.8 Å². The number of fused-ring (bicyclic) bond motifs is 2. The molecule has 1 aromatic rings. The average Bonchev–Trinajstić information content (AvgIpc) is 2.66. The van der Waals surface area contributed by atoms with Crippen molar-refractivity contribution < 1.29 is 13.5 Å². The van der Waals surface area contributed by atoms with E-state index in [9.17, 15) is 13.5 Å². The fourth-order valence-electron chi connectivity index (χ4n) is 3.43. The van der Waals surface area contributed by atoms with Crippen LogP contribution in [0.15, 0.2) is 23.1 Å². The van der Waals surface area contributed by atoms with Crippen molar-refractivity contribution in [3.8, 4) is 0 Å². The predicted octanol–water partition coefficient (Wildman–Crippen LogP) is 1.25. The summed E-state index contributed by atoms with van der Waals surface area (Å²) in [5.74, 6) is 0. The van der Waals surface area contributed by atoms with Crippen LogP contribution in [0.2, 0.25) is 0 Å². The van der Waals surface area contributed by atoms with Gasteiger partial charge in [0.25, 0.3) is 0 Å². The van der Waals surface area contributed by atoms with Crippen LogP contribution in [-0.4, -0.2) is 36.0 Å². The quantitative estimate of drug-likeness (QED) is 0.805. The Morgan fingerprint density at radius 1 is 1.25 bits per heavy atom. The molecule has 3 N–H and O–H groups in total. The van der Waals surface area contributed by atoms with Gasteiger partial charge in [-0.1, -0.05) is 0 Å². The molecular weight excluding hydrogens is 276 g/mol. The molecule has 2 atom stereocenters. The van der Waals surface area contributed by atoms with Crippen molar-refractivity contribution in [2.75, 3.05) is 5.73 Å². The van der Waals surface area contributed by atoms with Gasteiger partial charge in [-0.3, -0.25) is 0 Å². The summed E-state index contributed by atoms with van der Waals surface area (Å²) in [6.45, 7) is 1.81. The standard InChI is InChI=1S/C14H20N2O3S/c1-9-6-13(4-5-14(9)15)20(18,19)16-10-2-3-11(16)8-12(17)7-10/h4-6,10-12,17H,2-3,7-8,15H2,1H3. The lowest BCUT2D eigenvalue weighted by Gasteiger charge is -2.36. The molecule has 110 valence electrons. The molecule has 2 aliphatic heterocycles. The highest BCUT2D eigenvalue weighted by molar-refractivity contribution is 7.89. The molecule has 5 nitrogen and oxygen atoms in total. The molecule has 2 bridgehead atoms. The lowest BCUT2D eigenvalue weighted by Crippen LogP contribution is -2.47. The second-order valence-corrected chi connectivity index (χ2v) is 7.71. The van der Waals surface area contributed by atoms with E-state index >= 15 is 0 Å². The van der Waals surface area contributed by atoms with E-state index in [2.05, 4.69) is 0 Å². The summed E-state index contributed by atoms with van der Waals surface area (Å²) in [5, 5.41) is 9.79. The molecule has 0 amide bonds. The Kier molecular flexibility index (Phi) is 3.27. The normalized spacial score (nSPS) is 30.6. The predicted molar refractivity (Wildman–Crippen MR) is 76.7 cm³/mol. The van der Waals surface area contributed by atoms with Crippen LogP contribution in [0.25, 0.3) is 0 Å². The van der Waals surface area contributed by atoms with Gasteiger partial charge in [-0.05, 0) is 56.4 Å². The summed E-state index contributed by atoms with van der Waals surface area (Å²) >= 11 is 0. The van der Waals surface area contributed by atoms with Crippen molar-refractivity contribution in [1.29, 1.82) is 0 Å². The number of nitrogens with zero attached hydrogens (tertiary/aromatic N) is 1. The minimum absolute atomic E-state index is 0.0633. The third kappa shape index (κ3) is 2.12. The van der Waals surface area contributed by atoms with Gasteiger partial charge in [0.05, 0.1) is 11.0 Å². The van der Waals surface area contributed by atoms with Crippen LogP contribution in [0.5, 0.6) is 0 Å². The molecule has 0 spiro atoms. The molecule has 20 heavy (non-hydrogen) atoms. The highest BCUT2D eigenvalue weighted by Crippen LogP contribution is 2.39. The van der Waals surface area contributed by atoms with Gasteiger partial charge in [-0.15, -0.1) is 0 Å². The summed E-state index contributed by atoms with van der Waals surface area (Å²) in [6, 6.07) is 4.72. The fourth-order valence-corrected chi connectivity index (χ4v) is 5.41. The van der Waals surface area contributed by atoms with E-state index in [1.54, 1.807) is 22.5 Å². The van der Waals surface area contributed by atoms with E-state index in [0.29, 0.717) is 23.4 Å². The number of piperidine rings is 1. The van der Waals surface area contributed by atoms with Crippen LogP contribution >= 0.6 is 0 Å². The second-order valence-electron chi connectivity index (χ2n) is 5.86. The van der Waals surface area contributed by atoms with E-state index in [1.807, 2.05) is 6.92 Å². The first kappa shape index (κ1) is 13.9. The molecule has 2 fully saturated rings. The van der Waals surface area contributed by atoms with Gasteiger partial charge in [0.2, 0.25) is 10.0 Å². The van der Waals surface area contributed by atoms with Gasteiger partial charge in [0.15, 0.2) is 0 Å². The Hall–Kier alpha value is -1.11. The number of rotatable bonds is 2. The van der Waals surface area contributed by atoms with Crippen molar-refractivity contribution in [3.63, 3.8) is 0 Å². The van der Waals surface area contributed by atoms with Crippen molar-refractivity contribution in [1.82, 2.24) is 4.31 Å². The molecule has 2 unspecified atom stereocenters. The number of nitrogens with two attached hydrogens (primary N) is 1. The highest BCUT2D eigenvalue weighted by atomic mass is 32.2. The van der Waals surface area contributed by atoms with Gasteiger partial charge in [-0.2, -0.15) is 4.31 Å². The van der Waals surface area contributed by atoms with Crippen molar-refractivity contribution in [3.05, 3.63) is 23.8 Å². The topological polar surface area (TPSA) is 83.6 Å². The second kappa shape index (κ2) is 4.72. The lowest BCUT2D eigenvalue weighted by molar-refractivity contribution is 0.0769. The van der Waals surface area contributed by atoms with E-state index in [1.165, 1.54) is 0 Å². The lowest BCUT2D eigenvalue weighted by atomic mass is 10.0. The van der Waals surface area contributed by atoms with Crippen molar-refractivity contribution >= 4 is 15.7 Å². The summed E-state index contributed by atoms with van der Waals surface area (Å²) in [4.78, 5) is 0.303. The van der Waals surface area contributed by atoms with Crippen molar-refractivity contribution in [2.45, 2.75) is 55.7 Å². The zero-order valence-electron chi connectivity index (χ0n) is 11.5. The molecule has 0 aliphatic carbocycles. The number of hydrogen-bond donors (Lipinski definition) is 2. The first-order chi connectivity index (χ1) is 9.39. The van der Waals surface area contributed by atoms with E-state index < -0.39 is 10.0 Å². The molecule has 2 heterocycles. The number of aliphatic hydroxyl groups excluding tert-OH is 1. The maximum Gasteiger partial charge on any atom is 0.243 e. The summed E-state index contributed by atoms with van der Waals surface area (Å²) < 4.78 is 27.3. The molecule has 6 heteroatoms. The Labute approximate surface area is 119 Å². The number of nitrogen functional groups attached to an aromatic ring is 1. The summed E-state index contributed by atoms with van der Waals surface area (Å²) in [6.07, 6.45) is 2.41. The van der Waals surface area contributed by atoms with Crippen LogP contribution in [0, 0.1) is 6.92 Å². The molecule has 3 rings (SSSR count). The first-order valence-electron chi connectivity index (χ1n) is 6.97. The Morgan fingerprint density at radius 3 is 2.40 bits per heavy atom. The summed E-state index contributed by atoms with van der Waals surface area (Å²) in [5.41, 5.74) is 7.13. The van der Waals surface area contributed by atoms with E-state index in [0.717, 1.165) is 18.4 Å². The van der Waals surface area contributed by atoms with Gasteiger partial charge in [0.1, 0.15) is 0 Å². The summed E-state index contributed by atoms with van der Waals surface area (Å²) in [7, 11) is -3.49. The Morgan fingerprint density at radius 2 is 1.85 bits per heavy atom. The Bertz CT molecular complexity index is 615. The minimum atomic E-state index is -3.49. The van der Waals surface area contributed by atoms with Crippen LogP contribution in [0.3, 0.4) is 0 Å². The van der Waals surface area contributed by atoms with Crippen LogP contribution in [0.1, 0.15) is 31.2 Å². The van der Waals surface area contributed by atoms with Crippen molar-refractivity contribution in [2.24, 2.45) is 0 Å². The molecule has 2 saturated heterocycles. The molecule has 0 aromatic heterocycles. The fraction of sp³-hybridized carbons (Fsp3) is 0.571. The maximum atomic E-state index is 12.8. The zero-order chi connectivity index (χ0) is 14.5. The van der Waals surface area contributed by atoms with Crippen LogP contribution in [0.4, 0.5) is 5.69 Å². The monoisotopic (exact) mass is 296 g/mol. The highest BCUT2D eigenvalue weighted by Gasteiger charge is 2.46. The number of aryl methyl sites for hydroxylation is 1. The number of aliphatic hydroxyl groups is 1. The SMILES string of the molecule is Cc1cc(S(=O)(=O)N2C3CCC2CC(O)C3)ccc1N. The third-order valence-corrected chi connectivity index (χ3v) is 6.46. The molecular formula is C14H20N2O3S. The first-order valence-corrected chi connectivity index (χ1v) is 8.41. The third-order valence-electron chi connectivity index (χ3n) is 4.46. The smallest absolute Gasteiger partial charge is 0.243 e.